The Labute approximate surface area is 282 Å². The van der Waals surface area contributed by atoms with Gasteiger partial charge in [0, 0.05) is 29.3 Å². The van der Waals surface area contributed by atoms with E-state index in [9.17, 15) is 4.79 Å². The Balaban J connectivity index is 1.00. The van der Waals surface area contributed by atoms with Crippen molar-refractivity contribution < 1.29 is 14.3 Å². The third kappa shape index (κ3) is 6.83. The van der Waals surface area contributed by atoms with Crippen LogP contribution in [-0.2, 0) is 11.3 Å². The van der Waals surface area contributed by atoms with E-state index in [0.29, 0.717) is 36.9 Å². The van der Waals surface area contributed by atoms with E-state index in [0.717, 1.165) is 41.0 Å². The number of hydrogen-bond donors (Lipinski definition) is 3. The van der Waals surface area contributed by atoms with Crippen molar-refractivity contribution in [1.82, 2.24) is 20.6 Å². The van der Waals surface area contributed by atoms with Gasteiger partial charge in [0.05, 0.1) is 25.2 Å². The second kappa shape index (κ2) is 13.4. The Hall–Kier alpha value is -3.69. The quantitative estimate of drug-likeness (QED) is 0.127. The van der Waals surface area contributed by atoms with Gasteiger partial charge in [-0.3, -0.25) is 4.79 Å². The third-order valence-electron chi connectivity index (χ3n) is 10.6. The van der Waals surface area contributed by atoms with Gasteiger partial charge in [-0.15, -0.1) is 11.3 Å². The zero-order valence-corrected chi connectivity index (χ0v) is 28.8. The molecule has 0 spiro atoms. The van der Waals surface area contributed by atoms with E-state index in [4.69, 9.17) is 19.4 Å². The number of carbonyl (C=O) groups excluding carboxylic acids is 1. The van der Waals surface area contributed by atoms with Crippen LogP contribution >= 0.6 is 11.3 Å². The van der Waals surface area contributed by atoms with E-state index in [-0.39, 0.29) is 17.4 Å². The number of benzene rings is 2. The molecular formula is C38H47N5O3S. The molecule has 8 nitrogen and oxygen atoms in total. The lowest BCUT2D eigenvalue weighted by Crippen LogP contribution is -2.48. The predicted octanol–water partition coefficient (Wildman–Crippen LogP) is 7.67. The summed E-state index contributed by atoms with van der Waals surface area (Å²) in [5.41, 5.74) is 4.77. The molecule has 0 unspecified atom stereocenters. The number of thiophene rings is 1. The van der Waals surface area contributed by atoms with Crippen LogP contribution in [-0.4, -0.2) is 43.2 Å². The Bertz CT molecular complexity index is 1720. The first-order valence-electron chi connectivity index (χ1n) is 17.1. The molecule has 4 aliphatic carbocycles. The number of ether oxygens (including phenoxy) is 2. The molecule has 0 radical (unpaired) electrons. The van der Waals surface area contributed by atoms with E-state index in [1.54, 1.807) is 18.4 Å². The first-order chi connectivity index (χ1) is 22.8. The molecule has 4 aliphatic rings. The van der Waals surface area contributed by atoms with E-state index >= 15 is 0 Å². The van der Waals surface area contributed by atoms with Crippen LogP contribution in [0.4, 0.5) is 5.82 Å². The molecule has 8 rings (SSSR count). The van der Waals surface area contributed by atoms with E-state index in [1.807, 2.05) is 26.1 Å². The molecule has 4 saturated carbocycles. The number of fused-ring (bicyclic) bond motifs is 1. The Morgan fingerprint density at radius 1 is 1.04 bits per heavy atom. The van der Waals surface area contributed by atoms with Crippen LogP contribution in [0, 0.1) is 30.1 Å². The highest BCUT2D eigenvalue weighted by Gasteiger charge is 2.51. The predicted molar refractivity (Wildman–Crippen MR) is 189 cm³/mol. The van der Waals surface area contributed by atoms with Crippen LogP contribution in [0.5, 0.6) is 11.5 Å². The largest absolute Gasteiger partial charge is 0.493 e. The number of hydrogen-bond acceptors (Lipinski definition) is 8. The molecule has 2 aromatic heterocycles. The van der Waals surface area contributed by atoms with Gasteiger partial charge in [-0.2, -0.15) is 0 Å². The highest BCUT2D eigenvalue weighted by molar-refractivity contribution is 7.10. The molecule has 248 valence electrons. The maximum absolute atomic E-state index is 13.0. The molecule has 0 saturated heterocycles. The van der Waals surface area contributed by atoms with Crippen molar-refractivity contribution in [2.75, 3.05) is 32.6 Å². The monoisotopic (exact) mass is 653 g/mol. The van der Waals surface area contributed by atoms with Gasteiger partial charge in [0.15, 0.2) is 11.5 Å². The molecule has 2 aromatic carbocycles. The highest BCUT2D eigenvalue weighted by atomic mass is 32.1. The van der Waals surface area contributed by atoms with Gasteiger partial charge < -0.3 is 25.4 Å². The summed E-state index contributed by atoms with van der Waals surface area (Å²) < 4.78 is 11.9. The van der Waals surface area contributed by atoms with Crippen molar-refractivity contribution in [1.29, 1.82) is 0 Å². The van der Waals surface area contributed by atoms with Crippen molar-refractivity contribution in [3.8, 4) is 22.6 Å². The van der Waals surface area contributed by atoms with Crippen molar-refractivity contribution >= 4 is 34.0 Å². The maximum atomic E-state index is 13.0. The Morgan fingerprint density at radius 3 is 2.51 bits per heavy atom. The number of methoxy groups -OCH3 is 1. The lowest BCUT2D eigenvalue weighted by molar-refractivity contribution is -0.129. The van der Waals surface area contributed by atoms with Crippen LogP contribution < -0.4 is 25.4 Å². The van der Waals surface area contributed by atoms with Crippen LogP contribution in [0.25, 0.3) is 22.0 Å². The topological polar surface area (TPSA) is 97.4 Å². The average Bonchev–Trinajstić information content (AvgIpc) is 3.53. The second-order valence-corrected chi connectivity index (χ2v) is 15.2. The lowest BCUT2D eigenvalue weighted by Gasteiger charge is -2.56. The first kappa shape index (κ1) is 31.9. The standard InChI is InChI=1S/C38H47N5O3S/c1-23(35-14-29(22-47-35)30-8-6-5-7-28(30)21-39-3)41-37-31-15-33(45-4)34(16-32(31)42-24(2)43-37)46-10-9-40-36(44)20-38-17-25-11-26(18-38)13-27(12-25)19-38/h5-8,14-16,22-23,25-27,39H,9-13,17-21H2,1-4H3,(H,40,44)(H,41,42,43)/t23-,25?,26?,27?,38?/m0/s1. The summed E-state index contributed by atoms with van der Waals surface area (Å²) in [6, 6.07) is 14.7. The fourth-order valence-corrected chi connectivity index (χ4v) is 9.96. The minimum atomic E-state index is 0.0340. The first-order valence-corrected chi connectivity index (χ1v) is 18.0. The molecule has 0 aliphatic heterocycles. The number of carbonyl (C=O) groups is 1. The average molecular weight is 654 g/mol. The van der Waals surface area contributed by atoms with Gasteiger partial charge in [0.25, 0.3) is 0 Å². The summed E-state index contributed by atoms with van der Waals surface area (Å²) in [7, 11) is 3.62. The van der Waals surface area contributed by atoms with Crippen LogP contribution in [0.15, 0.2) is 47.8 Å². The highest BCUT2D eigenvalue weighted by Crippen LogP contribution is 2.61. The van der Waals surface area contributed by atoms with Gasteiger partial charge in [0.1, 0.15) is 18.2 Å². The zero-order valence-electron chi connectivity index (χ0n) is 28.0. The summed E-state index contributed by atoms with van der Waals surface area (Å²) in [5, 5.41) is 13.1. The Kier molecular flexibility index (Phi) is 9.11. The fourth-order valence-electron chi connectivity index (χ4n) is 9.04. The minimum Gasteiger partial charge on any atom is -0.493 e. The number of nitrogens with zero attached hydrogens (tertiary/aromatic N) is 2. The van der Waals surface area contributed by atoms with Crippen molar-refractivity contribution in [3.63, 3.8) is 0 Å². The number of aryl methyl sites for hydroxylation is 1. The van der Waals surface area contributed by atoms with Crippen molar-refractivity contribution in [2.24, 2.45) is 23.2 Å². The molecule has 4 aromatic rings. The lowest BCUT2D eigenvalue weighted by atomic mass is 9.49. The number of amides is 1. The van der Waals surface area contributed by atoms with Crippen molar-refractivity contribution in [3.05, 3.63) is 64.1 Å². The van der Waals surface area contributed by atoms with E-state index in [2.05, 4.69) is 58.6 Å². The summed E-state index contributed by atoms with van der Waals surface area (Å²) in [6.07, 6.45) is 8.58. The smallest absolute Gasteiger partial charge is 0.220 e. The second-order valence-electron chi connectivity index (χ2n) is 14.2. The molecular weight excluding hydrogens is 607 g/mol. The summed E-state index contributed by atoms with van der Waals surface area (Å²) in [4.78, 5) is 23.7. The van der Waals surface area contributed by atoms with Crippen molar-refractivity contribution in [2.45, 2.75) is 71.4 Å². The van der Waals surface area contributed by atoms with E-state index in [1.165, 1.54) is 60.1 Å². The summed E-state index contributed by atoms with van der Waals surface area (Å²) >= 11 is 1.75. The molecule has 3 N–H and O–H groups in total. The summed E-state index contributed by atoms with van der Waals surface area (Å²) in [5.74, 6) is 5.36. The molecule has 1 atom stereocenters. The molecule has 4 bridgehead atoms. The number of rotatable bonds is 13. The number of anilines is 1. The van der Waals surface area contributed by atoms with Crippen LogP contribution in [0.1, 0.15) is 74.2 Å². The van der Waals surface area contributed by atoms with Gasteiger partial charge in [-0.1, -0.05) is 24.3 Å². The van der Waals surface area contributed by atoms with Gasteiger partial charge >= 0.3 is 0 Å². The minimum absolute atomic E-state index is 0.0340. The van der Waals surface area contributed by atoms with E-state index < -0.39 is 0 Å². The fraction of sp³-hybridized carbons (Fsp3) is 0.500. The number of aromatic nitrogens is 2. The Morgan fingerprint density at radius 2 is 1.79 bits per heavy atom. The molecule has 9 heteroatoms. The van der Waals surface area contributed by atoms with Crippen LogP contribution in [0.3, 0.4) is 0 Å². The molecule has 2 heterocycles. The summed E-state index contributed by atoms with van der Waals surface area (Å²) in [6.45, 7) is 5.71. The number of nitrogens with one attached hydrogen (secondary N) is 3. The molecule has 1 amide bonds. The molecule has 4 fully saturated rings. The SMILES string of the molecule is CNCc1ccccc1-c1csc([C@H](C)Nc2nc(C)nc3cc(OCCNC(=O)CC45CC6CC(CC(C6)C4)C5)c(OC)cc23)c1. The normalized spacial score (nSPS) is 23.5. The molecule has 47 heavy (non-hydrogen) atoms. The third-order valence-corrected chi connectivity index (χ3v) is 11.7. The van der Waals surface area contributed by atoms with Gasteiger partial charge in [-0.05, 0) is 117 Å². The van der Waals surface area contributed by atoms with Crippen LogP contribution in [0.2, 0.25) is 0 Å². The van der Waals surface area contributed by atoms with Gasteiger partial charge in [-0.25, -0.2) is 9.97 Å². The zero-order chi connectivity index (χ0) is 32.5. The van der Waals surface area contributed by atoms with Gasteiger partial charge in [0.2, 0.25) is 5.91 Å². The maximum Gasteiger partial charge on any atom is 0.220 e.